The third-order valence-corrected chi connectivity index (χ3v) is 7.16. The summed E-state index contributed by atoms with van der Waals surface area (Å²) in [7, 11) is -2.07. The zero-order valence-corrected chi connectivity index (χ0v) is 23.9. The molecule has 6 heteroatoms. The van der Waals surface area contributed by atoms with E-state index in [9.17, 15) is 0 Å². The smallest absolute Gasteiger partial charge is 0.455 e. The summed E-state index contributed by atoms with van der Waals surface area (Å²) in [5, 5.41) is 21.8. The van der Waals surface area contributed by atoms with Crippen LogP contribution in [-0.2, 0) is 0 Å². The van der Waals surface area contributed by atoms with Crippen LogP contribution in [0.4, 0.5) is 0 Å². The molecule has 0 radical (unpaired) electrons. The van der Waals surface area contributed by atoms with Crippen molar-refractivity contribution in [1.29, 1.82) is 0 Å². The second kappa shape index (κ2) is 12.7. The van der Waals surface area contributed by atoms with Crippen molar-refractivity contribution in [2.75, 3.05) is 0 Å². The van der Waals surface area contributed by atoms with Gasteiger partial charge in [0.05, 0.1) is 17.3 Å². The number of halogens is 1. The fraction of sp³-hybridized carbons (Fsp3) is 0. The van der Waals surface area contributed by atoms with Gasteiger partial charge >= 0.3 is 7.12 Å². The van der Waals surface area contributed by atoms with Crippen molar-refractivity contribution in [1.82, 2.24) is 0 Å². The minimum atomic E-state index is -2.07. The van der Waals surface area contributed by atoms with Crippen LogP contribution in [0.15, 0.2) is 154 Å². The van der Waals surface area contributed by atoms with Crippen LogP contribution < -0.4 is 5.46 Å². The SMILES string of the molecule is Ic1cccc2c1oc1ccccc12.[2H]c1c([2H])c([2H])c(-c2cccc3c2oc2ccccc23)c([2H])c1[2H].[2H]c1c([2H])c([2H])c(B(O)O)c([2H])c1[2H]. The molecular formula is C36H26BIO4. The first-order chi connectivity index (χ1) is 24.7. The molecule has 0 saturated heterocycles. The molecule has 42 heavy (non-hydrogen) atoms. The van der Waals surface area contributed by atoms with Crippen molar-refractivity contribution < 1.29 is 32.6 Å². The number of fused-ring (bicyclic) bond motifs is 6. The van der Waals surface area contributed by atoms with E-state index in [1.54, 1.807) is 12.1 Å². The second-order valence-corrected chi connectivity index (χ2v) is 10.1. The Balaban J connectivity index is 0.000000143. The summed E-state index contributed by atoms with van der Waals surface area (Å²) in [6.07, 6.45) is 0. The zero-order chi connectivity index (χ0) is 37.6. The topological polar surface area (TPSA) is 66.7 Å². The number of hydrogen-bond acceptors (Lipinski definition) is 4. The van der Waals surface area contributed by atoms with E-state index in [1.165, 1.54) is 10.8 Å². The number of rotatable bonds is 2. The molecule has 0 fully saturated rings. The zero-order valence-electron chi connectivity index (χ0n) is 31.7. The first-order valence-corrected chi connectivity index (χ1v) is 13.8. The van der Waals surface area contributed by atoms with E-state index in [1.807, 2.05) is 48.5 Å². The van der Waals surface area contributed by atoms with Gasteiger partial charge in [0, 0.05) is 27.1 Å². The lowest BCUT2D eigenvalue weighted by molar-refractivity contribution is 0.426. The second-order valence-electron chi connectivity index (χ2n) is 8.91. The minimum Gasteiger partial charge on any atom is -0.455 e. The molecule has 0 unspecified atom stereocenters. The van der Waals surface area contributed by atoms with Gasteiger partial charge in [-0.25, -0.2) is 0 Å². The average molecular weight is 670 g/mol. The van der Waals surface area contributed by atoms with Gasteiger partial charge in [0.1, 0.15) is 22.3 Å². The summed E-state index contributed by atoms with van der Waals surface area (Å²) in [6, 6.07) is 22.9. The standard InChI is InChI=1S/C18H12O.C12H7IO.C6H7BO2/c1-2-7-13(8-3-1)14-10-6-11-16-15-9-4-5-12-17(15)19-18(14)16;13-10-6-3-5-9-8-4-1-2-7-11(8)14-12(9)10;8-7(9)6-4-2-1-3-5-6/h1-12H;1-7H;1-5,8-9H/i1D,2D,3D,7D,8D;;1D,2D,3D,4D,5D. The van der Waals surface area contributed by atoms with E-state index in [2.05, 4.69) is 46.9 Å². The van der Waals surface area contributed by atoms with Crippen molar-refractivity contribution in [2.45, 2.75) is 0 Å². The third-order valence-electron chi connectivity index (χ3n) is 6.31. The molecule has 0 saturated carbocycles. The van der Waals surface area contributed by atoms with Crippen molar-refractivity contribution >= 4 is 79.0 Å². The van der Waals surface area contributed by atoms with Crippen LogP contribution >= 0.6 is 22.6 Å². The molecule has 2 heterocycles. The Morgan fingerprint density at radius 3 is 1.67 bits per heavy atom. The summed E-state index contributed by atoms with van der Waals surface area (Å²) >= 11 is 2.30. The molecule has 6 aromatic carbocycles. The molecule has 2 aromatic heterocycles. The average Bonchev–Trinajstić information content (AvgIpc) is 3.72. The van der Waals surface area contributed by atoms with Crippen LogP contribution in [-0.4, -0.2) is 17.2 Å². The number of para-hydroxylation sites is 4. The lowest BCUT2D eigenvalue weighted by Crippen LogP contribution is -2.29. The lowest BCUT2D eigenvalue weighted by Gasteiger charge is -2.01. The highest BCUT2D eigenvalue weighted by Crippen LogP contribution is 2.35. The van der Waals surface area contributed by atoms with E-state index in [0.717, 1.165) is 25.5 Å². The summed E-state index contributed by atoms with van der Waals surface area (Å²) in [6.45, 7) is 0. The highest BCUT2D eigenvalue weighted by atomic mass is 127. The maximum Gasteiger partial charge on any atom is 0.488 e. The Morgan fingerprint density at radius 1 is 0.548 bits per heavy atom. The van der Waals surface area contributed by atoms with Crippen LogP contribution in [0, 0.1) is 3.57 Å². The molecule has 0 bridgehead atoms. The van der Waals surface area contributed by atoms with E-state index in [-0.39, 0.29) is 29.7 Å². The minimum absolute atomic E-state index is 0.158. The lowest BCUT2D eigenvalue weighted by atomic mass is 9.81. The monoisotopic (exact) mass is 670 g/mol. The van der Waals surface area contributed by atoms with Gasteiger partial charge in [-0.15, -0.1) is 0 Å². The molecule has 2 N–H and O–H groups in total. The molecule has 0 aliphatic rings. The van der Waals surface area contributed by atoms with Gasteiger partial charge in [0.15, 0.2) is 0 Å². The van der Waals surface area contributed by atoms with Gasteiger partial charge in [-0.3, -0.25) is 0 Å². The van der Waals surface area contributed by atoms with Crippen molar-refractivity contribution in [3.8, 4) is 11.1 Å². The highest BCUT2D eigenvalue weighted by molar-refractivity contribution is 14.1. The van der Waals surface area contributed by atoms with Gasteiger partial charge < -0.3 is 18.9 Å². The molecule has 204 valence electrons. The summed E-state index contributed by atoms with van der Waals surface area (Å²) < 4.78 is 88.8. The Hall–Kier alpha value is -4.37. The van der Waals surface area contributed by atoms with Crippen molar-refractivity contribution in [3.05, 3.63) is 149 Å². The summed E-state index contributed by atoms with van der Waals surface area (Å²) in [5.74, 6) is 0. The molecule has 0 atom stereocenters. The first kappa shape index (κ1) is 18.2. The van der Waals surface area contributed by atoms with Crippen molar-refractivity contribution in [2.24, 2.45) is 0 Å². The Morgan fingerprint density at radius 2 is 1.05 bits per heavy atom. The number of hydrogen-bond donors (Lipinski definition) is 2. The van der Waals surface area contributed by atoms with Crippen LogP contribution in [0.3, 0.4) is 0 Å². The number of furan rings is 2. The molecular weight excluding hydrogens is 634 g/mol. The van der Waals surface area contributed by atoms with Crippen molar-refractivity contribution in [3.63, 3.8) is 0 Å². The fourth-order valence-electron chi connectivity index (χ4n) is 4.43. The maximum absolute atomic E-state index is 8.81. The van der Waals surface area contributed by atoms with Gasteiger partial charge in [-0.05, 0) is 51.8 Å². The van der Waals surface area contributed by atoms with E-state index < -0.39 is 48.8 Å². The predicted molar refractivity (Wildman–Crippen MR) is 182 cm³/mol. The largest absolute Gasteiger partial charge is 0.488 e. The number of benzene rings is 6. The normalized spacial score (nSPS) is 14.1. The third kappa shape index (κ3) is 5.83. The summed E-state index contributed by atoms with van der Waals surface area (Å²) in [5.41, 5.74) is 3.34. The quantitative estimate of drug-likeness (QED) is 0.143. The predicted octanol–water partition coefficient (Wildman–Crippen LogP) is 8.81. The molecule has 0 aliphatic carbocycles. The molecule has 0 amide bonds. The van der Waals surface area contributed by atoms with Gasteiger partial charge in [0.25, 0.3) is 0 Å². The van der Waals surface area contributed by atoms with Gasteiger partial charge in [0.2, 0.25) is 0 Å². The van der Waals surface area contributed by atoms with Crippen LogP contribution in [0.5, 0.6) is 0 Å². The maximum atomic E-state index is 8.81. The fourth-order valence-corrected chi connectivity index (χ4v) is 5.04. The van der Waals surface area contributed by atoms with Crippen LogP contribution in [0.2, 0.25) is 0 Å². The molecule has 8 aromatic rings. The Bertz CT molecular complexity index is 2600. The first-order valence-electron chi connectivity index (χ1n) is 17.7. The Labute approximate surface area is 271 Å². The van der Waals surface area contributed by atoms with Gasteiger partial charge in [-0.1, -0.05) is 127 Å². The molecule has 4 nitrogen and oxygen atoms in total. The van der Waals surface area contributed by atoms with E-state index in [4.69, 9.17) is 32.6 Å². The van der Waals surface area contributed by atoms with E-state index >= 15 is 0 Å². The highest BCUT2D eigenvalue weighted by Gasteiger charge is 2.11. The van der Waals surface area contributed by atoms with Crippen LogP contribution in [0.25, 0.3) is 55.0 Å². The van der Waals surface area contributed by atoms with Gasteiger partial charge in [-0.2, -0.15) is 0 Å². The molecule has 8 rings (SSSR count). The Kier molecular flexibility index (Phi) is 5.49. The van der Waals surface area contributed by atoms with Crippen LogP contribution in [0.1, 0.15) is 13.7 Å². The summed E-state index contributed by atoms with van der Waals surface area (Å²) in [4.78, 5) is 0. The molecule has 0 spiro atoms. The van der Waals surface area contributed by atoms with E-state index in [0.29, 0.717) is 16.7 Å². The molecule has 0 aliphatic heterocycles.